The van der Waals surface area contributed by atoms with E-state index in [9.17, 15) is 9.59 Å². The standard InChI is InChI=1S/C17H21NO3/c1-6-12-11(2)18(16(20)21-17(3,4)5)15(19)14-10-8-7-9-13(12)14/h6-11H,1-5H3/b12-6+/t11-/m0/s1. The van der Waals surface area contributed by atoms with Crippen molar-refractivity contribution in [2.24, 2.45) is 0 Å². The van der Waals surface area contributed by atoms with E-state index in [1.807, 2.05) is 32.1 Å². The summed E-state index contributed by atoms with van der Waals surface area (Å²) in [6.07, 6.45) is 1.33. The van der Waals surface area contributed by atoms with E-state index in [1.54, 1.807) is 32.9 Å². The molecule has 2 amide bonds. The van der Waals surface area contributed by atoms with Crippen LogP contribution in [-0.2, 0) is 4.74 Å². The Morgan fingerprint density at radius 3 is 2.33 bits per heavy atom. The lowest BCUT2D eigenvalue weighted by molar-refractivity contribution is 0.0208. The lowest BCUT2D eigenvalue weighted by Gasteiger charge is -2.35. The highest BCUT2D eigenvalue weighted by molar-refractivity contribution is 6.10. The molecule has 1 atom stereocenters. The highest BCUT2D eigenvalue weighted by Gasteiger charge is 2.38. The summed E-state index contributed by atoms with van der Waals surface area (Å²) in [5.41, 5.74) is 1.74. The fraction of sp³-hybridized carbons (Fsp3) is 0.412. The second-order valence-corrected chi connectivity index (χ2v) is 6.12. The van der Waals surface area contributed by atoms with Crippen LogP contribution in [0, 0.1) is 0 Å². The van der Waals surface area contributed by atoms with Crippen LogP contribution in [0.2, 0.25) is 0 Å². The zero-order chi connectivity index (χ0) is 15.8. The topological polar surface area (TPSA) is 46.6 Å². The molecular formula is C17H21NO3. The lowest BCUT2D eigenvalue weighted by atomic mass is 9.89. The minimum atomic E-state index is -0.635. The van der Waals surface area contributed by atoms with Crippen molar-refractivity contribution in [2.45, 2.75) is 46.3 Å². The number of allylic oxidation sites excluding steroid dienone is 1. The zero-order valence-corrected chi connectivity index (χ0v) is 13.1. The maximum atomic E-state index is 12.6. The molecule has 0 unspecified atom stereocenters. The van der Waals surface area contributed by atoms with Crippen molar-refractivity contribution in [3.63, 3.8) is 0 Å². The normalized spacial score (nSPS) is 20.4. The van der Waals surface area contributed by atoms with Gasteiger partial charge in [0.2, 0.25) is 0 Å². The first kappa shape index (κ1) is 15.3. The van der Waals surface area contributed by atoms with Crippen LogP contribution in [0.3, 0.4) is 0 Å². The van der Waals surface area contributed by atoms with E-state index >= 15 is 0 Å². The van der Waals surface area contributed by atoms with Crippen LogP contribution in [0.15, 0.2) is 30.3 Å². The molecule has 0 spiro atoms. The van der Waals surface area contributed by atoms with Gasteiger partial charge < -0.3 is 4.74 Å². The van der Waals surface area contributed by atoms with E-state index in [2.05, 4.69) is 0 Å². The van der Waals surface area contributed by atoms with Gasteiger partial charge in [0.15, 0.2) is 0 Å². The van der Waals surface area contributed by atoms with E-state index in [0.717, 1.165) is 11.1 Å². The summed E-state index contributed by atoms with van der Waals surface area (Å²) >= 11 is 0. The van der Waals surface area contributed by atoms with Crippen LogP contribution in [0.4, 0.5) is 4.79 Å². The highest BCUT2D eigenvalue weighted by Crippen LogP contribution is 2.33. The average molecular weight is 287 g/mol. The van der Waals surface area contributed by atoms with Gasteiger partial charge in [-0.2, -0.15) is 0 Å². The molecule has 0 N–H and O–H groups in total. The molecule has 1 aromatic carbocycles. The van der Waals surface area contributed by atoms with Gasteiger partial charge in [-0.1, -0.05) is 24.3 Å². The number of hydrogen-bond donors (Lipinski definition) is 0. The molecule has 4 nitrogen and oxygen atoms in total. The van der Waals surface area contributed by atoms with Gasteiger partial charge in [-0.25, -0.2) is 9.69 Å². The van der Waals surface area contributed by atoms with E-state index < -0.39 is 11.7 Å². The van der Waals surface area contributed by atoms with Crippen molar-refractivity contribution in [2.75, 3.05) is 0 Å². The third-order valence-electron chi connectivity index (χ3n) is 3.43. The summed E-state index contributed by atoms with van der Waals surface area (Å²) in [5.74, 6) is -0.307. The summed E-state index contributed by atoms with van der Waals surface area (Å²) in [6, 6.07) is 7.00. The molecule has 0 saturated carbocycles. The largest absolute Gasteiger partial charge is 0.443 e. The summed E-state index contributed by atoms with van der Waals surface area (Å²) in [5, 5.41) is 0. The van der Waals surface area contributed by atoms with E-state index in [1.165, 1.54) is 4.90 Å². The molecule has 21 heavy (non-hydrogen) atoms. The van der Waals surface area contributed by atoms with Gasteiger partial charge in [-0.05, 0) is 51.8 Å². The Labute approximate surface area is 125 Å². The first-order chi connectivity index (χ1) is 9.76. The maximum absolute atomic E-state index is 12.6. The Morgan fingerprint density at radius 1 is 1.24 bits per heavy atom. The van der Waals surface area contributed by atoms with Gasteiger partial charge in [-0.15, -0.1) is 0 Å². The number of fused-ring (bicyclic) bond motifs is 1. The van der Waals surface area contributed by atoms with Gasteiger partial charge >= 0.3 is 6.09 Å². The molecule has 0 bridgehead atoms. The van der Waals surface area contributed by atoms with Crippen LogP contribution >= 0.6 is 0 Å². The second-order valence-electron chi connectivity index (χ2n) is 6.12. The van der Waals surface area contributed by atoms with Crippen LogP contribution in [0.1, 0.15) is 50.5 Å². The molecule has 1 heterocycles. The zero-order valence-electron chi connectivity index (χ0n) is 13.1. The second kappa shape index (κ2) is 5.35. The predicted octanol–water partition coefficient (Wildman–Crippen LogP) is 3.87. The molecule has 2 rings (SSSR count). The summed E-state index contributed by atoms with van der Waals surface area (Å²) in [4.78, 5) is 26.2. The molecule has 0 saturated heterocycles. The van der Waals surface area contributed by atoms with Crippen molar-refractivity contribution in [1.82, 2.24) is 4.90 Å². The molecule has 0 aliphatic carbocycles. The smallest absolute Gasteiger partial charge is 0.417 e. The van der Waals surface area contributed by atoms with Crippen molar-refractivity contribution >= 4 is 17.6 Å². The van der Waals surface area contributed by atoms with Crippen LogP contribution in [0.25, 0.3) is 5.57 Å². The maximum Gasteiger partial charge on any atom is 0.417 e. The van der Waals surface area contributed by atoms with Crippen LogP contribution in [0.5, 0.6) is 0 Å². The first-order valence-corrected chi connectivity index (χ1v) is 7.08. The number of carbonyl (C=O) groups is 2. The number of imide groups is 1. The lowest BCUT2D eigenvalue weighted by Crippen LogP contribution is -2.49. The van der Waals surface area contributed by atoms with Crippen LogP contribution < -0.4 is 0 Å². The Hall–Kier alpha value is -2.10. The molecule has 0 aromatic heterocycles. The number of rotatable bonds is 0. The minimum absolute atomic E-state index is 0.307. The fourth-order valence-electron chi connectivity index (χ4n) is 2.54. The molecule has 1 aliphatic heterocycles. The Morgan fingerprint density at radius 2 is 1.81 bits per heavy atom. The minimum Gasteiger partial charge on any atom is -0.443 e. The van der Waals surface area contributed by atoms with Crippen molar-refractivity contribution in [1.29, 1.82) is 0 Å². The van der Waals surface area contributed by atoms with E-state index in [0.29, 0.717) is 5.56 Å². The van der Waals surface area contributed by atoms with E-state index in [4.69, 9.17) is 4.74 Å². The molecular weight excluding hydrogens is 266 g/mol. The molecule has 4 heteroatoms. The van der Waals surface area contributed by atoms with Gasteiger partial charge in [0.1, 0.15) is 5.60 Å². The summed E-state index contributed by atoms with van der Waals surface area (Å²) < 4.78 is 5.36. The average Bonchev–Trinajstić information content (AvgIpc) is 2.37. The Balaban J connectivity index is 2.46. The van der Waals surface area contributed by atoms with Crippen molar-refractivity contribution in [3.05, 3.63) is 41.5 Å². The van der Waals surface area contributed by atoms with Crippen molar-refractivity contribution in [3.8, 4) is 0 Å². The number of benzene rings is 1. The summed E-state index contributed by atoms with van der Waals surface area (Å²) in [7, 11) is 0. The van der Waals surface area contributed by atoms with E-state index in [-0.39, 0.29) is 11.9 Å². The third-order valence-corrected chi connectivity index (χ3v) is 3.43. The number of carbonyl (C=O) groups excluding carboxylic acids is 2. The van der Waals surface area contributed by atoms with Gasteiger partial charge in [0.05, 0.1) is 6.04 Å². The summed E-state index contributed by atoms with van der Waals surface area (Å²) in [6.45, 7) is 9.11. The highest BCUT2D eigenvalue weighted by atomic mass is 16.6. The SMILES string of the molecule is C/C=C1/c2ccccc2C(=O)N(C(=O)OC(C)(C)C)[C@H]1C. The van der Waals surface area contributed by atoms with Gasteiger partial charge in [0.25, 0.3) is 5.91 Å². The predicted molar refractivity (Wildman–Crippen MR) is 82.0 cm³/mol. The number of nitrogens with zero attached hydrogens (tertiary/aromatic N) is 1. The quantitative estimate of drug-likeness (QED) is 0.727. The Kier molecular flexibility index (Phi) is 3.90. The third kappa shape index (κ3) is 2.84. The monoisotopic (exact) mass is 287 g/mol. The van der Waals surface area contributed by atoms with Crippen molar-refractivity contribution < 1.29 is 14.3 Å². The Bertz CT molecular complexity index is 611. The first-order valence-electron chi connectivity index (χ1n) is 7.08. The number of amides is 2. The molecule has 0 fully saturated rings. The molecule has 1 aliphatic rings. The number of ether oxygens (including phenoxy) is 1. The molecule has 112 valence electrons. The van der Waals surface area contributed by atoms with Gasteiger partial charge in [0, 0.05) is 5.56 Å². The molecule has 0 radical (unpaired) electrons. The fourth-order valence-corrected chi connectivity index (χ4v) is 2.54. The number of hydrogen-bond acceptors (Lipinski definition) is 3. The van der Waals surface area contributed by atoms with Crippen LogP contribution in [-0.4, -0.2) is 28.5 Å². The molecule has 1 aromatic rings. The van der Waals surface area contributed by atoms with Gasteiger partial charge in [-0.3, -0.25) is 4.79 Å².